The lowest BCUT2D eigenvalue weighted by Crippen LogP contribution is -2.21. The monoisotopic (exact) mass is 257 g/mol. The number of aliphatic hydroxyl groups excluding tert-OH is 3. The summed E-state index contributed by atoms with van der Waals surface area (Å²) in [5, 5.41) is 37.9. The molecule has 0 fully saturated rings. The van der Waals surface area contributed by atoms with Gasteiger partial charge < -0.3 is 20.1 Å². The fourth-order valence-electron chi connectivity index (χ4n) is 1.35. The number of rotatable bonds is 6. The van der Waals surface area contributed by atoms with Crippen molar-refractivity contribution in [3.05, 3.63) is 33.9 Å². The molecule has 0 aliphatic heterocycles. The van der Waals surface area contributed by atoms with Gasteiger partial charge in [0.1, 0.15) is 18.5 Å². The minimum atomic E-state index is -1.04. The smallest absolute Gasteiger partial charge is 0.270 e. The molecule has 7 nitrogen and oxygen atoms in total. The highest BCUT2D eigenvalue weighted by molar-refractivity contribution is 5.44. The maximum absolute atomic E-state index is 10.6. The van der Waals surface area contributed by atoms with Gasteiger partial charge in [0.25, 0.3) is 5.69 Å². The van der Waals surface area contributed by atoms with E-state index in [1.165, 1.54) is 25.1 Å². The van der Waals surface area contributed by atoms with Gasteiger partial charge in [-0.1, -0.05) is 0 Å². The standard InChI is InChI=1S/C11H15NO6/c1-7(14)10-4-8(12(16)17)2-3-11(10)18-6-9(15)5-13/h2-4,7,9,13-15H,5-6H2,1H3. The maximum atomic E-state index is 10.6. The Kier molecular flexibility index (Phi) is 5.02. The van der Waals surface area contributed by atoms with Crippen molar-refractivity contribution in [2.45, 2.75) is 19.1 Å². The molecule has 0 aromatic heterocycles. The van der Waals surface area contributed by atoms with E-state index in [-0.39, 0.29) is 23.6 Å². The van der Waals surface area contributed by atoms with Crippen molar-refractivity contribution in [2.75, 3.05) is 13.2 Å². The number of nitrogens with zero attached hydrogens (tertiary/aromatic N) is 1. The lowest BCUT2D eigenvalue weighted by atomic mass is 10.1. The summed E-state index contributed by atoms with van der Waals surface area (Å²) in [4.78, 5) is 10.0. The van der Waals surface area contributed by atoms with Crippen molar-refractivity contribution in [3.63, 3.8) is 0 Å². The Balaban J connectivity index is 2.93. The van der Waals surface area contributed by atoms with E-state index in [1.807, 2.05) is 0 Å². The molecule has 0 aliphatic carbocycles. The average Bonchev–Trinajstić information content (AvgIpc) is 2.35. The first kappa shape index (κ1) is 14.4. The summed E-state index contributed by atoms with van der Waals surface area (Å²) in [6.45, 7) is 0.847. The molecular formula is C11H15NO6. The van der Waals surface area contributed by atoms with Crippen LogP contribution in [0.4, 0.5) is 5.69 Å². The van der Waals surface area contributed by atoms with E-state index in [2.05, 4.69) is 0 Å². The molecule has 100 valence electrons. The third-order valence-electron chi connectivity index (χ3n) is 2.30. The largest absolute Gasteiger partial charge is 0.490 e. The lowest BCUT2D eigenvalue weighted by molar-refractivity contribution is -0.385. The SMILES string of the molecule is CC(O)c1cc([N+](=O)[O-])ccc1OCC(O)CO. The Bertz CT molecular complexity index is 420. The van der Waals surface area contributed by atoms with Gasteiger partial charge in [-0.2, -0.15) is 0 Å². The molecule has 2 unspecified atom stereocenters. The first-order chi connectivity index (χ1) is 8.45. The molecule has 0 heterocycles. The molecule has 0 radical (unpaired) electrons. The summed E-state index contributed by atoms with van der Waals surface area (Å²) < 4.78 is 5.19. The van der Waals surface area contributed by atoms with Gasteiger partial charge in [0.15, 0.2) is 0 Å². The highest BCUT2D eigenvalue weighted by atomic mass is 16.6. The van der Waals surface area contributed by atoms with Gasteiger partial charge in [-0.25, -0.2) is 0 Å². The zero-order chi connectivity index (χ0) is 13.7. The average molecular weight is 257 g/mol. The summed E-state index contributed by atoms with van der Waals surface area (Å²) in [7, 11) is 0. The van der Waals surface area contributed by atoms with Crippen LogP contribution in [0, 0.1) is 10.1 Å². The molecule has 7 heteroatoms. The summed E-state index contributed by atoms with van der Waals surface area (Å²) >= 11 is 0. The number of ether oxygens (including phenoxy) is 1. The van der Waals surface area contributed by atoms with E-state index < -0.39 is 23.7 Å². The van der Waals surface area contributed by atoms with E-state index in [0.29, 0.717) is 0 Å². The Labute approximate surface area is 103 Å². The third-order valence-corrected chi connectivity index (χ3v) is 2.30. The minimum absolute atomic E-state index is 0.152. The highest BCUT2D eigenvalue weighted by Gasteiger charge is 2.16. The predicted molar refractivity (Wildman–Crippen MR) is 62.3 cm³/mol. The van der Waals surface area contributed by atoms with Gasteiger partial charge in [0, 0.05) is 17.7 Å². The van der Waals surface area contributed by atoms with Crippen molar-refractivity contribution >= 4 is 5.69 Å². The Morgan fingerprint density at radius 1 is 1.44 bits per heavy atom. The van der Waals surface area contributed by atoms with Gasteiger partial charge in [0.2, 0.25) is 0 Å². The van der Waals surface area contributed by atoms with E-state index in [1.54, 1.807) is 0 Å². The van der Waals surface area contributed by atoms with Crippen LogP contribution in [0.1, 0.15) is 18.6 Å². The van der Waals surface area contributed by atoms with Gasteiger partial charge in [-0.05, 0) is 13.0 Å². The number of aliphatic hydroxyl groups is 3. The van der Waals surface area contributed by atoms with Crippen LogP contribution in [-0.2, 0) is 0 Å². The fraction of sp³-hybridized carbons (Fsp3) is 0.455. The van der Waals surface area contributed by atoms with E-state index in [0.717, 1.165) is 0 Å². The van der Waals surface area contributed by atoms with Crippen LogP contribution in [0.25, 0.3) is 0 Å². The number of hydrogen-bond donors (Lipinski definition) is 3. The zero-order valence-corrected chi connectivity index (χ0v) is 9.81. The molecular weight excluding hydrogens is 242 g/mol. The molecule has 2 atom stereocenters. The van der Waals surface area contributed by atoms with Crippen molar-refractivity contribution in [1.82, 2.24) is 0 Å². The van der Waals surface area contributed by atoms with Crippen LogP contribution in [-0.4, -0.2) is 39.6 Å². The summed E-state index contributed by atoms with van der Waals surface area (Å²) in [6.07, 6.45) is -1.98. The number of nitro groups is 1. The first-order valence-corrected chi connectivity index (χ1v) is 5.33. The van der Waals surface area contributed by atoms with Crippen molar-refractivity contribution in [3.8, 4) is 5.75 Å². The van der Waals surface area contributed by atoms with Crippen molar-refractivity contribution in [2.24, 2.45) is 0 Å². The minimum Gasteiger partial charge on any atom is -0.490 e. The fourth-order valence-corrected chi connectivity index (χ4v) is 1.35. The van der Waals surface area contributed by atoms with Crippen LogP contribution in [0.5, 0.6) is 5.75 Å². The maximum Gasteiger partial charge on any atom is 0.270 e. The molecule has 0 amide bonds. The number of hydrogen-bond acceptors (Lipinski definition) is 6. The second-order valence-corrected chi connectivity index (χ2v) is 3.80. The Morgan fingerprint density at radius 3 is 2.61 bits per heavy atom. The quantitative estimate of drug-likeness (QED) is 0.501. The van der Waals surface area contributed by atoms with E-state index in [9.17, 15) is 15.2 Å². The lowest BCUT2D eigenvalue weighted by Gasteiger charge is -2.14. The van der Waals surface area contributed by atoms with Gasteiger partial charge >= 0.3 is 0 Å². The van der Waals surface area contributed by atoms with Crippen LogP contribution < -0.4 is 4.74 Å². The second-order valence-electron chi connectivity index (χ2n) is 3.80. The predicted octanol–water partition coefficient (Wildman–Crippen LogP) is 0.380. The Morgan fingerprint density at radius 2 is 2.11 bits per heavy atom. The highest BCUT2D eigenvalue weighted by Crippen LogP contribution is 2.29. The van der Waals surface area contributed by atoms with Crippen molar-refractivity contribution < 1.29 is 25.0 Å². The van der Waals surface area contributed by atoms with Crippen LogP contribution in [0.3, 0.4) is 0 Å². The molecule has 1 aromatic rings. The molecule has 0 saturated heterocycles. The van der Waals surface area contributed by atoms with E-state index in [4.69, 9.17) is 14.9 Å². The van der Waals surface area contributed by atoms with Gasteiger partial charge in [0.05, 0.1) is 17.6 Å². The van der Waals surface area contributed by atoms with Gasteiger partial charge in [-0.3, -0.25) is 10.1 Å². The molecule has 3 N–H and O–H groups in total. The summed E-state index contributed by atoms with van der Waals surface area (Å²) in [5.41, 5.74) is 0.107. The van der Waals surface area contributed by atoms with Gasteiger partial charge in [-0.15, -0.1) is 0 Å². The number of benzene rings is 1. The topological polar surface area (TPSA) is 113 Å². The second kappa shape index (κ2) is 6.29. The van der Waals surface area contributed by atoms with Crippen LogP contribution >= 0.6 is 0 Å². The molecule has 0 spiro atoms. The first-order valence-electron chi connectivity index (χ1n) is 5.33. The molecule has 0 saturated carbocycles. The molecule has 1 aromatic carbocycles. The molecule has 1 rings (SSSR count). The Hall–Kier alpha value is -1.70. The molecule has 0 bridgehead atoms. The zero-order valence-electron chi connectivity index (χ0n) is 9.81. The number of non-ortho nitro benzene ring substituents is 1. The summed E-state index contributed by atoms with van der Waals surface area (Å²) in [5.74, 6) is 0.239. The van der Waals surface area contributed by atoms with E-state index >= 15 is 0 Å². The molecule has 0 aliphatic rings. The molecule has 18 heavy (non-hydrogen) atoms. The number of nitro benzene ring substituents is 1. The van der Waals surface area contributed by atoms with Crippen LogP contribution in [0.2, 0.25) is 0 Å². The summed E-state index contributed by atoms with van der Waals surface area (Å²) in [6, 6.07) is 3.81. The van der Waals surface area contributed by atoms with Crippen molar-refractivity contribution in [1.29, 1.82) is 0 Å². The third kappa shape index (κ3) is 3.66. The normalized spacial score (nSPS) is 14.0. The van der Waals surface area contributed by atoms with Crippen LogP contribution in [0.15, 0.2) is 18.2 Å².